The summed E-state index contributed by atoms with van der Waals surface area (Å²) in [5, 5.41) is 3.18. The van der Waals surface area contributed by atoms with Crippen LogP contribution in [-0.4, -0.2) is 21.5 Å². The SMILES string of the molecule is CCCNCc1ccc(F)c(S(=O)(=O)NCC2CCC2)c1. The molecule has 2 rings (SSSR count). The van der Waals surface area contributed by atoms with E-state index in [0.717, 1.165) is 37.8 Å². The van der Waals surface area contributed by atoms with Crippen LogP contribution in [0, 0.1) is 11.7 Å². The summed E-state index contributed by atoms with van der Waals surface area (Å²) in [6, 6.07) is 4.25. The van der Waals surface area contributed by atoms with E-state index < -0.39 is 15.8 Å². The average molecular weight is 314 g/mol. The molecule has 0 aliphatic heterocycles. The Labute approximate surface area is 126 Å². The maximum Gasteiger partial charge on any atom is 0.243 e. The molecule has 0 amide bonds. The van der Waals surface area contributed by atoms with E-state index in [2.05, 4.69) is 17.0 Å². The van der Waals surface area contributed by atoms with E-state index in [1.54, 1.807) is 6.07 Å². The fraction of sp³-hybridized carbons (Fsp3) is 0.600. The number of hydrogen-bond acceptors (Lipinski definition) is 3. The first-order valence-corrected chi connectivity index (χ1v) is 9.00. The number of benzene rings is 1. The number of halogens is 1. The maximum absolute atomic E-state index is 13.8. The molecule has 1 fully saturated rings. The van der Waals surface area contributed by atoms with E-state index in [1.807, 2.05) is 0 Å². The zero-order valence-electron chi connectivity index (χ0n) is 12.4. The second-order valence-electron chi connectivity index (χ2n) is 5.59. The van der Waals surface area contributed by atoms with Crippen molar-refractivity contribution in [3.63, 3.8) is 0 Å². The minimum absolute atomic E-state index is 0.252. The smallest absolute Gasteiger partial charge is 0.243 e. The Balaban J connectivity index is 2.06. The van der Waals surface area contributed by atoms with Gasteiger partial charge in [-0.2, -0.15) is 0 Å². The molecular weight excluding hydrogens is 291 g/mol. The summed E-state index contributed by atoms with van der Waals surface area (Å²) < 4.78 is 40.8. The van der Waals surface area contributed by atoms with Crippen LogP contribution < -0.4 is 10.0 Å². The fourth-order valence-corrected chi connectivity index (χ4v) is 3.52. The quantitative estimate of drug-likeness (QED) is 0.725. The van der Waals surface area contributed by atoms with Crippen molar-refractivity contribution in [1.82, 2.24) is 10.0 Å². The molecule has 0 aromatic heterocycles. The molecule has 0 radical (unpaired) electrons. The van der Waals surface area contributed by atoms with Gasteiger partial charge in [-0.05, 0) is 49.4 Å². The normalized spacial score (nSPS) is 15.9. The monoisotopic (exact) mass is 314 g/mol. The van der Waals surface area contributed by atoms with Crippen LogP contribution in [-0.2, 0) is 16.6 Å². The second kappa shape index (κ2) is 7.33. The van der Waals surface area contributed by atoms with Gasteiger partial charge in [0.05, 0.1) is 0 Å². The van der Waals surface area contributed by atoms with E-state index in [-0.39, 0.29) is 4.90 Å². The molecule has 1 saturated carbocycles. The summed E-state index contributed by atoms with van der Waals surface area (Å²) in [5.41, 5.74) is 0.772. The van der Waals surface area contributed by atoms with Crippen molar-refractivity contribution in [2.45, 2.75) is 44.0 Å². The molecule has 0 bridgehead atoms. The van der Waals surface area contributed by atoms with Gasteiger partial charge in [-0.25, -0.2) is 17.5 Å². The van der Waals surface area contributed by atoms with Crippen molar-refractivity contribution < 1.29 is 12.8 Å². The van der Waals surface area contributed by atoms with Gasteiger partial charge in [-0.3, -0.25) is 0 Å². The number of sulfonamides is 1. The third-order valence-corrected chi connectivity index (χ3v) is 5.27. The zero-order chi connectivity index (χ0) is 15.3. The van der Waals surface area contributed by atoms with Crippen LogP contribution in [0.4, 0.5) is 4.39 Å². The molecule has 1 aromatic carbocycles. The lowest BCUT2D eigenvalue weighted by Gasteiger charge is -2.25. The van der Waals surface area contributed by atoms with Crippen LogP contribution in [0.5, 0.6) is 0 Å². The van der Waals surface area contributed by atoms with Crippen LogP contribution in [0.25, 0.3) is 0 Å². The molecule has 6 heteroatoms. The Morgan fingerprint density at radius 2 is 2.10 bits per heavy atom. The summed E-state index contributed by atoms with van der Waals surface area (Å²) >= 11 is 0. The van der Waals surface area contributed by atoms with E-state index in [9.17, 15) is 12.8 Å². The van der Waals surface area contributed by atoms with Crippen molar-refractivity contribution >= 4 is 10.0 Å². The largest absolute Gasteiger partial charge is 0.313 e. The van der Waals surface area contributed by atoms with Crippen LogP contribution in [0.2, 0.25) is 0 Å². The molecule has 0 spiro atoms. The zero-order valence-corrected chi connectivity index (χ0v) is 13.2. The maximum atomic E-state index is 13.8. The van der Waals surface area contributed by atoms with Crippen LogP contribution in [0.15, 0.2) is 23.1 Å². The molecule has 0 heterocycles. The van der Waals surface area contributed by atoms with Gasteiger partial charge in [0.15, 0.2) is 0 Å². The third kappa shape index (κ3) is 4.49. The van der Waals surface area contributed by atoms with Gasteiger partial charge in [-0.1, -0.05) is 19.4 Å². The first-order valence-electron chi connectivity index (χ1n) is 7.51. The fourth-order valence-electron chi connectivity index (χ4n) is 2.28. The second-order valence-corrected chi connectivity index (χ2v) is 7.33. The van der Waals surface area contributed by atoms with E-state index in [1.165, 1.54) is 12.1 Å². The van der Waals surface area contributed by atoms with Gasteiger partial charge in [0, 0.05) is 13.1 Å². The Hall–Kier alpha value is -0.980. The molecule has 2 N–H and O–H groups in total. The summed E-state index contributed by atoms with van der Waals surface area (Å²) in [6.45, 7) is 3.84. The predicted molar refractivity (Wildman–Crippen MR) is 80.9 cm³/mol. The Morgan fingerprint density at radius 3 is 2.71 bits per heavy atom. The third-order valence-electron chi connectivity index (χ3n) is 3.83. The molecule has 4 nitrogen and oxygen atoms in total. The van der Waals surface area contributed by atoms with Crippen molar-refractivity contribution in [2.75, 3.05) is 13.1 Å². The van der Waals surface area contributed by atoms with Crippen molar-refractivity contribution in [3.05, 3.63) is 29.6 Å². The highest BCUT2D eigenvalue weighted by Gasteiger charge is 2.23. The molecule has 0 unspecified atom stereocenters. The molecule has 1 aromatic rings. The molecule has 1 aliphatic rings. The Morgan fingerprint density at radius 1 is 1.33 bits per heavy atom. The molecule has 21 heavy (non-hydrogen) atoms. The minimum atomic E-state index is -3.77. The predicted octanol–water partition coefficient (Wildman–Crippen LogP) is 2.40. The Kier molecular flexibility index (Phi) is 5.72. The van der Waals surface area contributed by atoms with Crippen LogP contribution >= 0.6 is 0 Å². The Bertz CT molecular complexity index is 571. The van der Waals surface area contributed by atoms with Crippen molar-refractivity contribution in [1.29, 1.82) is 0 Å². The molecule has 1 aliphatic carbocycles. The standard InChI is InChI=1S/C15H23FN2O2S/c1-2-8-17-10-13-6-7-14(16)15(9-13)21(19,20)18-11-12-4-3-5-12/h6-7,9,12,17-18H,2-5,8,10-11H2,1H3. The van der Waals surface area contributed by atoms with E-state index in [0.29, 0.717) is 19.0 Å². The average Bonchev–Trinajstić information content (AvgIpc) is 2.39. The van der Waals surface area contributed by atoms with Gasteiger partial charge in [0.25, 0.3) is 0 Å². The van der Waals surface area contributed by atoms with Gasteiger partial charge in [0.1, 0.15) is 10.7 Å². The highest BCUT2D eigenvalue weighted by atomic mass is 32.2. The van der Waals surface area contributed by atoms with Gasteiger partial charge >= 0.3 is 0 Å². The number of rotatable bonds is 8. The van der Waals surface area contributed by atoms with E-state index in [4.69, 9.17) is 0 Å². The van der Waals surface area contributed by atoms with Crippen molar-refractivity contribution in [2.24, 2.45) is 5.92 Å². The minimum Gasteiger partial charge on any atom is -0.313 e. The highest BCUT2D eigenvalue weighted by Crippen LogP contribution is 2.26. The topological polar surface area (TPSA) is 58.2 Å². The van der Waals surface area contributed by atoms with Crippen LogP contribution in [0.1, 0.15) is 38.2 Å². The first kappa shape index (κ1) is 16.4. The lowest BCUT2D eigenvalue weighted by molar-refractivity contribution is 0.316. The first-order chi connectivity index (χ1) is 10.0. The summed E-state index contributed by atoms with van der Waals surface area (Å²) in [7, 11) is -3.77. The lowest BCUT2D eigenvalue weighted by Crippen LogP contribution is -2.32. The number of hydrogen-bond donors (Lipinski definition) is 2. The molecule has 118 valence electrons. The van der Waals surface area contributed by atoms with Gasteiger partial charge in [0.2, 0.25) is 10.0 Å². The van der Waals surface area contributed by atoms with Gasteiger partial charge in [-0.15, -0.1) is 0 Å². The molecule has 0 saturated heterocycles. The number of nitrogens with one attached hydrogen (secondary N) is 2. The highest BCUT2D eigenvalue weighted by molar-refractivity contribution is 7.89. The van der Waals surface area contributed by atoms with E-state index >= 15 is 0 Å². The van der Waals surface area contributed by atoms with Gasteiger partial charge < -0.3 is 5.32 Å². The summed E-state index contributed by atoms with van der Waals surface area (Å²) in [5.74, 6) is -0.299. The van der Waals surface area contributed by atoms with Crippen LogP contribution in [0.3, 0.4) is 0 Å². The summed E-state index contributed by atoms with van der Waals surface area (Å²) in [4.78, 5) is -0.252. The van der Waals surface area contributed by atoms with Crippen molar-refractivity contribution in [3.8, 4) is 0 Å². The summed E-state index contributed by atoms with van der Waals surface area (Å²) in [6.07, 6.45) is 4.24. The lowest BCUT2D eigenvalue weighted by atomic mass is 9.86. The molecule has 0 atom stereocenters. The molecular formula is C15H23FN2O2S.